The Hall–Kier alpha value is -3.15. The summed E-state index contributed by atoms with van der Waals surface area (Å²) in [5.74, 6) is 0. The molecule has 13 heteroatoms. The highest BCUT2D eigenvalue weighted by Gasteiger charge is 2.32. The summed E-state index contributed by atoms with van der Waals surface area (Å²) in [5.41, 5.74) is -1.77. The molecule has 2 aromatic carbocycles. The predicted octanol–water partition coefficient (Wildman–Crippen LogP) is 4.68. The average Bonchev–Trinajstić information content (AvgIpc) is 3.06. The zero-order valence-corrected chi connectivity index (χ0v) is 16.5. The summed E-state index contributed by atoms with van der Waals surface area (Å²) in [4.78, 5) is 21.9. The van der Waals surface area contributed by atoms with Gasteiger partial charge in [-0.1, -0.05) is 0 Å². The van der Waals surface area contributed by atoms with Gasteiger partial charge in [0.2, 0.25) is 0 Å². The third-order valence-corrected chi connectivity index (χ3v) is 3.96. The summed E-state index contributed by atoms with van der Waals surface area (Å²) in [6, 6.07) is 6.26. The normalized spacial score (nSPS) is 11.6. The molecule has 0 saturated heterocycles. The first-order chi connectivity index (χ1) is 14.2. The molecule has 1 N–H and O–H groups in total. The maximum atomic E-state index is 12.6. The van der Waals surface area contributed by atoms with Gasteiger partial charge in [0.1, 0.15) is 0 Å². The number of H-pyrrole nitrogens is 1. The van der Waals surface area contributed by atoms with E-state index in [1.165, 1.54) is 26.0 Å². The van der Waals surface area contributed by atoms with E-state index in [-0.39, 0.29) is 11.3 Å². The van der Waals surface area contributed by atoms with E-state index in [2.05, 4.69) is 10.4 Å². The van der Waals surface area contributed by atoms with Gasteiger partial charge < -0.3 is 0 Å². The van der Waals surface area contributed by atoms with E-state index in [1.54, 1.807) is 0 Å². The topological polar surface area (TPSA) is 80.6 Å². The number of alkyl halides is 6. The molecule has 166 valence electrons. The predicted molar refractivity (Wildman–Crippen MR) is 98.1 cm³/mol. The van der Waals surface area contributed by atoms with E-state index in [1.807, 2.05) is 5.10 Å². The second-order valence-electron chi connectivity index (χ2n) is 6.33. The number of benzene rings is 2. The molecule has 0 saturated carbocycles. The average molecular weight is 467 g/mol. The Balaban J connectivity index is 0.000000225. The van der Waals surface area contributed by atoms with Crippen LogP contribution in [0.25, 0.3) is 5.69 Å². The summed E-state index contributed by atoms with van der Waals surface area (Å²) < 4.78 is 75.2. The summed E-state index contributed by atoms with van der Waals surface area (Å²) in [5, 5.41) is 7.72. The Morgan fingerprint density at radius 2 is 1.42 bits per heavy atom. The third kappa shape index (κ3) is 6.41. The smallest absolute Gasteiger partial charge is 0.276 e. The summed E-state index contributed by atoms with van der Waals surface area (Å²) >= 11 is 5.09. The van der Waals surface area contributed by atoms with Crippen LogP contribution in [0.3, 0.4) is 0 Å². The number of hydrogen-bond acceptors (Lipinski definition) is 4. The zero-order valence-electron chi connectivity index (χ0n) is 15.8. The van der Waals surface area contributed by atoms with Crippen LogP contribution in [0, 0.1) is 13.8 Å². The van der Waals surface area contributed by atoms with Crippen molar-refractivity contribution in [1.82, 2.24) is 20.2 Å². The number of aryl methyl sites for hydroxylation is 2. The number of hydrogen-bond donors (Lipinski definition) is 1. The van der Waals surface area contributed by atoms with Gasteiger partial charge in [0.15, 0.2) is 0 Å². The first-order valence-corrected chi connectivity index (χ1v) is 8.64. The lowest BCUT2D eigenvalue weighted by atomic mass is 10.1. The fourth-order valence-electron chi connectivity index (χ4n) is 2.48. The second kappa shape index (κ2) is 8.92. The molecule has 6 nitrogen and oxygen atoms in total. The molecule has 0 amide bonds. The largest absolute Gasteiger partial charge is 0.416 e. The number of rotatable bonds is 2. The number of aromatic amines is 1. The van der Waals surface area contributed by atoms with Gasteiger partial charge in [-0.05, 0) is 83.4 Å². The Kier molecular flexibility index (Phi) is 6.94. The van der Waals surface area contributed by atoms with E-state index < -0.39 is 34.4 Å². The molecule has 0 bridgehead atoms. The summed E-state index contributed by atoms with van der Waals surface area (Å²) in [7, 11) is 0. The number of halogens is 7. The number of carbonyl (C=O) groups excluding carboxylic acids is 1. The van der Waals surface area contributed by atoms with Crippen LogP contribution in [0.2, 0.25) is 0 Å². The SMILES string of the molecule is Cc1cc(-n2nn[nH]c2=O)cc(C(F)(F)F)c1.Cc1cc(C(=O)Cl)cc(C(F)(F)F)c1. The highest BCUT2D eigenvalue weighted by Crippen LogP contribution is 2.31. The lowest BCUT2D eigenvalue weighted by Crippen LogP contribution is -2.17. The van der Waals surface area contributed by atoms with E-state index in [0.29, 0.717) is 11.1 Å². The van der Waals surface area contributed by atoms with Gasteiger partial charge in [-0.2, -0.15) is 31.0 Å². The maximum Gasteiger partial charge on any atom is 0.416 e. The summed E-state index contributed by atoms with van der Waals surface area (Å²) in [6.07, 6.45) is -8.92. The van der Waals surface area contributed by atoms with Crippen molar-refractivity contribution in [2.45, 2.75) is 26.2 Å². The van der Waals surface area contributed by atoms with Crippen molar-refractivity contribution >= 4 is 16.8 Å². The van der Waals surface area contributed by atoms with Crippen molar-refractivity contribution in [3.8, 4) is 5.69 Å². The van der Waals surface area contributed by atoms with Crippen LogP contribution in [-0.2, 0) is 12.4 Å². The molecule has 3 rings (SSSR count). The van der Waals surface area contributed by atoms with E-state index in [0.717, 1.165) is 28.9 Å². The van der Waals surface area contributed by atoms with Crippen molar-refractivity contribution in [2.24, 2.45) is 0 Å². The molecule has 0 atom stereocenters. The molecule has 0 fully saturated rings. The fourth-order valence-corrected chi connectivity index (χ4v) is 2.58. The number of aromatic nitrogens is 4. The summed E-state index contributed by atoms with van der Waals surface area (Å²) in [6.45, 7) is 2.97. The van der Waals surface area contributed by atoms with Crippen LogP contribution in [0.15, 0.2) is 41.2 Å². The lowest BCUT2D eigenvalue weighted by Gasteiger charge is -2.09. The van der Waals surface area contributed by atoms with Crippen LogP contribution < -0.4 is 5.69 Å². The molecule has 0 unspecified atom stereocenters. The van der Waals surface area contributed by atoms with E-state index >= 15 is 0 Å². The van der Waals surface area contributed by atoms with Crippen molar-refractivity contribution < 1.29 is 31.1 Å². The minimum Gasteiger partial charge on any atom is -0.276 e. The molecule has 0 aliphatic carbocycles. The van der Waals surface area contributed by atoms with Crippen molar-refractivity contribution in [1.29, 1.82) is 0 Å². The Labute approximate surface area is 175 Å². The minimum absolute atomic E-state index is 0.0241. The molecular weight excluding hydrogens is 454 g/mol. The van der Waals surface area contributed by atoms with Crippen molar-refractivity contribution in [2.75, 3.05) is 0 Å². The van der Waals surface area contributed by atoms with Gasteiger partial charge in [0, 0.05) is 5.56 Å². The molecule has 0 aliphatic heterocycles. The number of nitrogens with one attached hydrogen (secondary N) is 1. The minimum atomic E-state index is -4.46. The van der Waals surface area contributed by atoms with Crippen LogP contribution in [0.5, 0.6) is 0 Å². The lowest BCUT2D eigenvalue weighted by molar-refractivity contribution is -0.138. The first-order valence-electron chi connectivity index (χ1n) is 8.27. The van der Waals surface area contributed by atoms with Gasteiger partial charge in [-0.3, -0.25) is 4.79 Å². The standard InChI is InChI=1S/C9H6ClF3O.C9H7F3N4O/c1-5-2-6(8(10)14)4-7(3-5)9(11,12)13;1-5-2-6(9(10,11)12)4-7(3-5)16-8(17)13-14-15-16/h2-4H,1H3;2-4H,1H3,(H,13,15,17). The highest BCUT2D eigenvalue weighted by atomic mass is 35.5. The van der Waals surface area contributed by atoms with Gasteiger partial charge >= 0.3 is 18.0 Å². The Morgan fingerprint density at radius 1 is 0.903 bits per heavy atom. The van der Waals surface area contributed by atoms with Crippen LogP contribution in [-0.4, -0.2) is 25.4 Å². The monoisotopic (exact) mass is 466 g/mol. The molecule has 1 heterocycles. The van der Waals surface area contributed by atoms with Crippen LogP contribution in [0.1, 0.15) is 32.6 Å². The molecule has 1 aromatic heterocycles. The Morgan fingerprint density at radius 3 is 1.87 bits per heavy atom. The molecule has 31 heavy (non-hydrogen) atoms. The van der Waals surface area contributed by atoms with Crippen LogP contribution >= 0.6 is 11.6 Å². The van der Waals surface area contributed by atoms with Gasteiger partial charge in [0.05, 0.1) is 16.8 Å². The molecule has 0 aliphatic rings. The van der Waals surface area contributed by atoms with Gasteiger partial charge in [-0.15, -0.1) is 0 Å². The van der Waals surface area contributed by atoms with Crippen molar-refractivity contribution in [3.63, 3.8) is 0 Å². The maximum absolute atomic E-state index is 12.6. The van der Waals surface area contributed by atoms with E-state index in [4.69, 9.17) is 11.6 Å². The highest BCUT2D eigenvalue weighted by molar-refractivity contribution is 6.67. The molecule has 0 spiro atoms. The Bertz CT molecular complexity index is 1150. The quantitative estimate of drug-likeness (QED) is 0.439. The van der Waals surface area contributed by atoms with E-state index in [9.17, 15) is 35.9 Å². The number of nitrogens with zero attached hydrogens (tertiary/aromatic N) is 3. The number of carbonyl (C=O) groups is 1. The molecule has 0 radical (unpaired) electrons. The third-order valence-electron chi connectivity index (χ3n) is 3.74. The molecule has 3 aromatic rings. The second-order valence-corrected chi connectivity index (χ2v) is 6.68. The van der Waals surface area contributed by atoms with Crippen molar-refractivity contribution in [3.05, 3.63) is 74.7 Å². The first kappa shape index (κ1) is 24.1. The molecular formula is C18H13ClF6N4O2. The van der Waals surface area contributed by atoms with Crippen LogP contribution in [0.4, 0.5) is 26.3 Å². The van der Waals surface area contributed by atoms with Gasteiger partial charge in [-0.25, -0.2) is 9.89 Å². The number of tetrazole rings is 1. The fraction of sp³-hybridized carbons (Fsp3) is 0.222. The van der Waals surface area contributed by atoms with Gasteiger partial charge in [0.25, 0.3) is 5.24 Å². The zero-order chi connectivity index (χ0) is 23.6.